The van der Waals surface area contributed by atoms with Crippen LogP contribution in [0, 0.1) is 3.70 Å². The highest BCUT2D eigenvalue weighted by atomic mass is 127. The Morgan fingerprint density at radius 2 is 2.43 bits per heavy atom. The molecule has 0 saturated heterocycles. The topological polar surface area (TPSA) is 59.6 Å². The third-order valence-electron chi connectivity index (χ3n) is 2.18. The van der Waals surface area contributed by atoms with Gasteiger partial charge in [-0.1, -0.05) is 0 Å². The Labute approximate surface area is 95.6 Å². The number of halogens is 1. The number of nitrogens with one attached hydrogen (secondary N) is 1. The number of aryl methyl sites for hydroxylation is 1. The normalized spacial score (nSPS) is 13.1. The van der Waals surface area contributed by atoms with Crippen molar-refractivity contribution in [3.63, 3.8) is 0 Å². The van der Waals surface area contributed by atoms with Gasteiger partial charge in [0.2, 0.25) is 0 Å². The first-order valence-corrected chi connectivity index (χ1v) is 5.34. The lowest BCUT2D eigenvalue weighted by molar-refractivity contribution is 0.741. The second-order valence-electron chi connectivity index (χ2n) is 3.12. The van der Waals surface area contributed by atoms with E-state index in [1.165, 1.54) is 0 Å². The molecule has 0 aliphatic rings. The number of nitrogens with zero attached hydrogens (tertiary/aromatic N) is 2. The summed E-state index contributed by atoms with van der Waals surface area (Å²) >= 11 is 2.25. The predicted octanol–water partition coefficient (Wildman–Crippen LogP) is 1.40. The van der Waals surface area contributed by atoms with Crippen LogP contribution in [0.4, 0.5) is 0 Å². The van der Waals surface area contributed by atoms with Crippen LogP contribution < -0.4 is 5.73 Å². The van der Waals surface area contributed by atoms with E-state index in [0.29, 0.717) is 0 Å². The number of aromatic nitrogens is 3. The number of nitrogens with two attached hydrogens (primary N) is 1. The first-order valence-electron chi connectivity index (χ1n) is 4.26. The molecule has 0 radical (unpaired) electrons. The summed E-state index contributed by atoms with van der Waals surface area (Å²) in [7, 11) is 1.91. The molecule has 0 spiro atoms. The number of H-pyrrole nitrogens is 1. The van der Waals surface area contributed by atoms with Crippen molar-refractivity contribution in [2.45, 2.75) is 6.04 Å². The quantitative estimate of drug-likeness (QED) is 0.824. The van der Waals surface area contributed by atoms with E-state index in [1.807, 2.05) is 36.3 Å². The molecule has 14 heavy (non-hydrogen) atoms. The Morgan fingerprint density at radius 3 is 2.93 bits per heavy atom. The van der Waals surface area contributed by atoms with Crippen LogP contribution in [0.1, 0.15) is 17.3 Å². The van der Waals surface area contributed by atoms with Crippen LogP contribution in [-0.4, -0.2) is 14.8 Å². The molecule has 0 amide bonds. The fourth-order valence-corrected chi connectivity index (χ4v) is 1.95. The maximum absolute atomic E-state index is 6.09. The lowest BCUT2D eigenvalue weighted by atomic mass is 10.1. The lowest BCUT2D eigenvalue weighted by Gasteiger charge is -2.08. The SMILES string of the molecule is Cn1ncc(C(N)c2ccc[nH]2)c1I. The fraction of sp³-hybridized carbons (Fsp3) is 0.222. The summed E-state index contributed by atoms with van der Waals surface area (Å²) < 4.78 is 2.89. The fourth-order valence-electron chi connectivity index (χ4n) is 1.35. The Balaban J connectivity index is 2.36. The largest absolute Gasteiger partial charge is 0.363 e. The van der Waals surface area contributed by atoms with E-state index in [0.717, 1.165) is 15.0 Å². The summed E-state index contributed by atoms with van der Waals surface area (Å²) in [6.07, 6.45) is 3.69. The zero-order valence-corrected chi connectivity index (χ0v) is 9.89. The van der Waals surface area contributed by atoms with Gasteiger partial charge in [0.15, 0.2) is 0 Å². The minimum Gasteiger partial charge on any atom is -0.363 e. The highest BCUT2D eigenvalue weighted by molar-refractivity contribution is 14.1. The van der Waals surface area contributed by atoms with Crippen molar-refractivity contribution in [2.24, 2.45) is 12.8 Å². The van der Waals surface area contributed by atoms with Gasteiger partial charge in [-0.05, 0) is 34.7 Å². The molecule has 0 aliphatic heterocycles. The van der Waals surface area contributed by atoms with Gasteiger partial charge in [-0.15, -0.1) is 0 Å². The third kappa shape index (κ3) is 1.57. The molecule has 0 fully saturated rings. The molecule has 1 atom stereocenters. The zero-order chi connectivity index (χ0) is 10.1. The van der Waals surface area contributed by atoms with Crippen LogP contribution in [0.2, 0.25) is 0 Å². The van der Waals surface area contributed by atoms with Crippen molar-refractivity contribution in [3.8, 4) is 0 Å². The van der Waals surface area contributed by atoms with E-state index in [-0.39, 0.29) is 6.04 Å². The Bertz CT molecular complexity index is 418. The molecular weight excluding hydrogens is 291 g/mol. The first kappa shape index (κ1) is 9.72. The molecule has 0 bridgehead atoms. The molecule has 2 aromatic heterocycles. The average molecular weight is 302 g/mol. The molecule has 2 heterocycles. The molecule has 74 valence electrons. The molecule has 5 heteroatoms. The molecule has 2 rings (SSSR count). The molecule has 0 aliphatic carbocycles. The lowest BCUT2D eigenvalue weighted by Crippen LogP contribution is -2.13. The molecular formula is C9H11IN4. The Kier molecular flexibility index (Phi) is 2.60. The van der Waals surface area contributed by atoms with Crippen molar-refractivity contribution in [2.75, 3.05) is 0 Å². The van der Waals surface area contributed by atoms with Gasteiger partial charge in [-0.3, -0.25) is 4.68 Å². The van der Waals surface area contributed by atoms with Gasteiger partial charge in [0, 0.05) is 24.5 Å². The van der Waals surface area contributed by atoms with Gasteiger partial charge in [-0.2, -0.15) is 5.10 Å². The molecule has 0 aromatic carbocycles. The van der Waals surface area contributed by atoms with Crippen LogP contribution in [-0.2, 0) is 7.05 Å². The van der Waals surface area contributed by atoms with Crippen molar-refractivity contribution in [1.29, 1.82) is 0 Å². The van der Waals surface area contributed by atoms with Crippen LogP contribution >= 0.6 is 22.6 Å². The molecule has 2 aromatic rings. The van der Waals surface area contributed by atoms with Gasteiger partial charge >= 0.3 is 0 Å². The zero-order valence-electron chi connectivity index (χ0n) is 7.74. The second-order valence-corrected chi connectivity index (χ2v) is 4.14. The van der Waals surface area contributed by atoms with E-state index >= 15 is 0 Å². The Hall–Kier alpha value is -0.820. The monoisotopic (exact) mass is 302 g/mol. The van der Waals surface area contributed by atoms with E-state index in [2.05, 4.69) is 32.7 Å². The first-order chi connectivity index (χ1) is 6.70. The van der Waals surface area contributed by atoms with Gasteiger partial charge in [-0.25, -0.2) is 0 Å². The van der Waals surface area contributed by atoms with E-state index < -0.39 is 0 Å². The molecule has 4 nitrogen and oxygen atoms in total. The van der Waals surface area contributed by atoms with Crippen LogP contribution in [0.25, 0.3) is 0 Å². The van der Waals surface area contributed by atoms with Crippen molar-refractivity contribution >= 4 is 22.6 Å². The number of hydrogen-bond acceptors (Lipinski definition) is 2. The van der Waals surface area contributed by atoms with Crippen molar-refractivity contribution in [3.05, 3.63) is 39.5 Å². The average Bonchev–Trinajstić information content (AvgIpc) is 2.77. The van der Waals surface area contributed by atoms with E-state index in [9.17, 15) is 0 Å². The predicted molar refractivity (Wildman–Crippen MR) is 62.7 cm³/mol. The summed E-state index contributed by atoms with van der Waals surface area (Å²) in [4.78, 5) is 3.11. The minimum atomic E-state index is -0.120. The third-order valence-corrected chi connectivity index (χ3v) is 3.51. The van der Waals surface area contributed by atoms with E-state index in [1.54, 1.807) is 0 Å². The smallest absolute Gasteiger partial charge is 0.104 e. The van der Waals surface area contributed by atoms with Crippen LogP contribution in [0.3, 0.4) is 0 Å². The summed E-state index contributed by atoms with van der Waals surface area (Å²) in [6.45, 7) is 0. The minimum absolute atomic E-state index is 0.120. The molecule has 1 unspecified atom stereocenters. The Morgan fingerprint density at radius 1 is 1.64 bits per heavy atom. The summed E-state index contributed by atoms with van der Waals surface area (Å²) in [6, 6.07) is 3.80. The number of hydrogen-bond donors (Lipinski definition) is 2. The van der Waals surface area contributed by atoms with E-state index in [4.69, 9.17) is 5.73 Å². The molecule has 0 saturated carbocycles. The van der Waals surface area contributed by atoms with Gasteiger partial charge in [0.25, 0.3) is 0 Å². The highest BCUT2D eigenvalue weighted by Crippen LogP contribution is 2.22. The van der Waals surface area contributed by atoms with Gasteiger partial charge in [0.05, 0.1) is 12.2 Å². The summed E-state index contributed by atoms with van der Waals surface area (Å²) in [5.74, 6) is 0. The number of aromatic amines is 1. The second kappa shape index (κ2) is 3.74. The highest BCUT2D eigenvalue weighted by Gasteiger charge is 2.15. The summed E-state index contributed by atoms with van der Waals surface area (Å²) in [5.41, 5.74) is 8.15. The maximum atomic E-state index is 6.09. The van der Waals surface area contributed by atoms with Gasteiger partial charge in [0.1, 0.15) is 3.70 Å². The van der Waals surface area contributed by atoms with Crippen molar-refractivity contribution < 1.29 is 0 Å². The van der Waals surface area contributed by atoms with Crippen LogP contribution in [0.5, 0.6) is 0 Å². The van der Waals surface area contributed by atoms with Gasteiger partial charge < -0.3 is 10.7 Å². The summed E-state index contributed by atoms with van der Waals surface area (Å²) in [5, 5.41) is 4.16. The maximum Gasteiger partial charge on any atom is 0.104 e. The van der Waals surface area contributed by atoms with Crippen molar-refractivity contribution in [1.82, 2.24) is 14.8 Å². The number of rotatable bonds is 2. The standard InChI is InChI=1S/C9H11IN4/c1-14-9(10)6(5-13-14)8(11)7-3-2-4-12-7/h2-5,8,12H,11H2,1H3. The molecule has 3 N–H and O–H groups in total. The van der Waals surface area contributed by atoms with Crippen LogP contribution in [0.15, 0.2) is 24.5 Å².